The highest BCUT2D eigenvalue weighted by Crippen LogP contribution is 2.30. The molecule has 0 radical (unpaired) electrons. The second kappa shape index (κ2) is 6.61. The zero-order valence-electron chi connectivity index (χ0n) is 11.0. The van der Waals surface area contributed by atoms with E-state index in [0.29, 0.717) is 18.7 Å². The van der Waals surface area contributed by atoms with Crippen LogP contribution in [0.15, 0.2) is 23.1 Å². The van der Waals surface area contributed by atoms with Gasteiger partial charge in [0.05, 0.1) is 0 Å². The highest BCUT2D eigenvalue weighted by molar-refractivity contribution is 7.99. The van der Waals surface area contributed by atoms with Crippen LogP contribution in [0.25, 0.3) is 0 Å². The Bertz CT molecular complexity index is 488. The molecule has 1 aromatic carbocycles. The Morgan fingerprint density at radius 3 is 2.84 bits per heavy atom. The summed E-state index contributed by atoms with van der Waals surface area (Å²) in [6, 6.07) is 5.88. The van der Waals surface area contributed by atoms with Gasteiger partial charge in [-0.1, -0.05) is 0 Å². The molecule has 0 aromatic heterocycles. The number of fused-ring (bicyclic) bond motifs is 1. The van der Waals surface area contributed by atoms with Crippen molar-refractivity contribution in [3.8, 4) is 0 Å². The monoisotopic (exact) mass is 278 g/mol. The lowest BCUT2D eigenvalue weighted by Gasteiger charge is -2.15. The summed E-state index contributed by atoms with van der Waals surface area (Å²) in [5.41, 5.74) is 1.97. The lowest BCUT2D eigenvalue weighted by Crippen LogP contribution is -2.33. The zero-order chi connectivity index (χ0) is 13.7. The molecule has 0 spiro atoms. The van der Waals surface area contributed by atoms with Crippen LogP contribution in [0.4, 0.5) is 0 Å². The van der Waals surface area contributed by atoms with Gasteiger partial charge in [0.15, 0.2) is 0 Å². The van der Waals surface area contributed by atoms with Crippen molar-refractivity contribution in [2.75, 3.05) is 18.8 Å². The average Bonchev–Trinajstić information content (AvgIpc) is 2.42. The van der Waals surface area contributed by atoms with Gasteiger partial charge in [0.1, 0.15) is 0 Å². The third-order valence-corrected chi connectivity index (χ3v) is 4.16. The van der Waals surface area contributed by atoms with Crippen LogP contribution < -0.4 is 10.6 Å². The maximum Gasteiger partial charge on any atom is 0.251 e. The standard InChI is InChI=1S/C14H18N2O2S/c1-10(17)15-6-7-16-14(18)12-4-5-13-11(9-12)3-2-8-19-13/h4-5,9H,2-3,6-8H2,1H3,(H,15,17)(H,16,18). The van der Waals surface area contributed by atoms with Crippen molar-refractivity contribution in [3.63, 3.8) is 0 Å². The number of aryl methyl sites for hydroxylation is 1. The number of rotatable bonds is 4. The Labute approximate surface area is 117 Å². The van der Waals surface area contributed by atoms with Gasteiger partial charge in [-0.3, -0.25) is 9.59 Å². The second-order valence-corrected chi connectivity index (χ2v) is 5.65. The predicted octanol–water partition coefficient (Wildman–Crippen LogP) is 1.59. The highest BCUT2D eigenvalue weighted by atomic mass is 32.2. The fourth-order valence-electron chi connectivity index (χ4n) is 2.02. The summed E-state index contributed by atoms with van der Waals surface area (Å²) in [4.78, 5) is 23.9. The summed E-state index contributed by atoms with van der Waals surface area (Å²) in [6.07, 6.45) is 2.22. The molecule has 0 saturated carbocycles. The van der Waals surface area contributed by atoms with Crippen LogP contribution in [0, 0.1) is 0 Å². The molecular formula is C14H18N2O2S. The molecule has 102 valence electrons. The minimum absolute atomic E-state index is 0.0799. The maximum atomic E-state index is 11.9. The Kier molecular flexibility index (Phi) is 4.85. The predicted molar refractivity (Wildman–Crippen MR) is 76.5 cm³/mol. The van der Waals surface area contributed by atoms with Gasteiger partial charge in [-0.15, -0.1) is 11.8 Å². The molecule has 0 unspecified atom stereocenters. The average molecular weight is 278 g/mol. The van der Waals surface area contributed by atoms with Gasteiger partial charge in [-0.05, 0) is 42.4 Å². The van der Waals surface area contributed by atoms with E-state index in [9.17, 15) is 9.59 Å². The van der Waals surface area contributed by atoms with Crippen molar-refractivity contribution in [2.45, 2.75) is 24.7 Å². The van der Waals surface area contributed by atoms with Crippen LogP contribution >= 0.6 is 11.8 Å². The molecule has 4 nitrogen and oxygen atoms in total. The fraction of sp³-hybridized carbons (Fsp3) is 0.429. The summed E-state index contributed by atoms with van der Waals surface area (Å²) < 4.78 is 0. The van der Waals surface area contributed by atoms with E-state index in [2.05, 4.69) is 10.6 Å². The number of benzene rings is 1. The summed E-state index contributed by atoms with van der Waals surface area (Å²) >= 11 is 1.85. The minimum Gasteiger partial charge on any atom is -0.355 e. The third kappa shape index (κ3) is 3.99. The molecule has 2 N–H and O–H groups in total. The lowest BCUT2D eigenvalue weighted by molar-refractivity contribution is -0.118. The van der Waals surface area contributed by atoms with E-state index < -0.39 is 0 Å². The van der Waals surface area contributed by atoms with E-state index in [0.717, 1.165) is 12.2 Å². The van der Waals surface area contributed by atoms with E-state index in [1.165, 1.54) is 23.8 Å². The first kappa shape index (κ1) is 13.9. The molecule has 19 heavy (non-hydrogen) atoms. The number of hydrogen-bond acceptors (Lipinski definition) is 3. The van der Waals surface area contributed by atoms with E-state index in [4.69, 9.17) is 0 Å². The van der Waals surface area contributed by atoms with Crippen LogP contribution in [-0.4, -0.2) is 30.7 Å². The third-order valence-electron chi connectivity index (χ3n) is 2.96. The summed E-state index contributed by atoms with van der Waals surface area (Å²) in [5, 5.41) is 5.45. The van der Waals surface area contributed by atoms with Crippen LogP contribution in [0.5, 0.6) is 0 Å². The van der Waals surface area contributed by atoms with Gasteiger partial charge in [0, 0.05) is 30.5 Å². The van der Waals surface area contributed by atoms with E-state index in [-0.39, 0.29) is 11.8 Å². The van der Waals surface area contributed by atoms with Crippen molar-refractivity contribution in [1.82, 2.24) is 10.6 Å². The molecule has 2 amide bonds. The summed E-state index contributed by atoms with van der Waals surface area (Å²) in [5.74, 6) is 0.999. The molecule has 0 aliphatic carbocycles. The summed E-state index contributed by atoms with van der Waals surface area (Å²) in [6.45, 7) is 2.37. The van der Waals surface area contributed by atoms with Crippen molar-refractivity contribution < 1.29 is 9.59 Å². The SMILES string of the molecule is CC(=O)NCCNC(=O)c1ccc2c(c1)CCCS2. The number of thioether (sulfide) groups is 1. The first-order valence-electron chi connectivity index (χ1n) is 6.45. The quantitative estimate of drug-likeness (QED) is 0.822. The van der Waals surface area contributed by atoms with Gasteiger partial charge in [0.2, 0.25) is 5.91 Å². The topological polar surface area (TPSA) is 58.2 Å². The van der Waals surface area contributed by atoms with Gasteiger partial charge in [-0.25, -0.2) is 0 Å². The van der Waals surface area contributed by atoms with Crippen LogP contribution in [0.3, 0.4) is 0 Å². The number of hydrogen-bond donors (Lipinski definition) is 2. The van der Waals surface area contributed by atoms with Gasteiger partial charge in [-0.2, -0.15) is 0 Å². The fourth-order valence-corrected chi connectivity index (χ4v) is 3.04. The number of nitrogens with one attached hydrogen (secondary N) is 2. The molecule has 0 bridgehead atoms. The van der Waals surface area contributed by atoms with Gasteiger partial charge >= 0.3 is 0 Å². The van der Waals surface area contributed by atoms with Crippen molar-refractivity contribution >= 4 is 23.6 Å². The number of carbonyl (C=O) groups excluding carboxylic acids is 2. The summed E-state index contributed by atoms with van der Waals surface area (Å²) in [7, 11) is 0. The molecule has 0 fully saturated rings. The Morgan fingerprint density at radius 2 is 2.05 bits per heavy atom. The number of carbonyl (C=O) groups is 2. The van der Waals surface area contributed by atoms with Gasteiger partial charge in [0.25, 0.3) is 5.91 Å². The normalized spacial score (nSPS) is 13.5. The molecule has 2 rings (SSSR count). The van der Waals surface area contributed by atoms with E-state index in [1.807, 2.05) is 30.0 Å². The minimum atomic E-state index is -0.0833. The largest absolute Gasteiger partial charge is 0.355 e. The first-order valence-corrected chi connectivity index (χ1v) is 7.44. The maximum absolute atomic E-state index is 11.9. The molecule has 1 heterocycles. The van der Waals surface area contributed by atoms with Crippen LogP contribution in [0.1, 0.15) is 29.3 Å². The van der Waals surface area contributed by atoms with E-state index >= 15 is 0 Å². The van der Waals surface area contributed by atoms with Crippen molar-refractivity contribution in [3.05, 3.63) is 29.3 Å². The molecule has 1 aromatic rings. The molecule has 0 atom stereocenters. The van der Waals surface area contributed by atoms with Crippen molar-refractivity contribution in [2.24, 2.45) is 0 Å². The van der Waals surface area contributed by atoms with Gasteiger partial charge < -0.3 is 10.6 Å². The van der Waals surface area contributed by atoms with Crippen molar-refractivity contribution in [1.29, 1.82) is 0 Å². The molecule has 0 saturated heterocycles. The van der Waals surface area contributed by atoms with E-state index in [1.54, 1.807) is 0 Å². The van der Waals surface area contributed by atoms with Crippen LogP contribution in [-0.2, 0) is 11.2 Å². The molecule has 1 aliphatic rings. The lowest BCUT2D eigenvalue weighted by atomic mass is 10.1. The molecule has 1 aliphatic heterocycles. The smallest absolute Gasteiger partial charge is 0.251 e. The Balaban J connectivity index is 1.90. The second-order valence-electron chi connectivity index (χ2n) is 4.51. The molecule has 5 heteroatoms. The Hall–Kier alpha value is -1.49. The Morgan fingerprint density at radius 1 is 1.26 bits per heavy atom. The zero-order valence-corrected chi connectivity index (χ0v) is 11.8. The molecular weight excluding hydrogens is 260 g/mol. The highest BCUT2D eigenvalue weighted by Gasteiger charge is 2.12. The van der Waals surface area contributed by atoms with Crippen LogP contribution in [0.2, 0.25) is 0 Å². The first-order chi connectivity index (χ1) is 9.16. The number of amides is 2.